The second-order valence-electron chi connectivity index (χ2n) is 5.88. The minimum atomic E-state index is -0.850. The number of carbonyl (C=O) groups is 2. The van der Waals surface area contributed by atoms with E-state index in [0.29, 0.717) is 11.3 Å². The van der Waals surface area contributed by atoms with Crippen molar-refractivity contribution < 1.29 is 14.3 Å². The molecular weight excluding hydrogens is 288 g/mol. The standard InChI is InChI=1S/C15H22N2O3S/c1-15(2,3)12(8-20-14(16)19)17-13(18)11-6-4-10(9-21)5-7-11/h4-7,12,21H,8-9H2,1-3H3,(H2,16,19)(H,17,18). The fourth-order valence-corrected chi connectivity index (χ4v) is 1.89. The Hall–Kier alpha value is -1.69. The molecule has 1 rings (SSSR count). The van der Waals surface area contributed by atoms with Gasteiger partial charge in [-0.2, -0.15) is 12.6 Å². The van der Waals surface area contributed by atoms with Crippen LogP contribution in [0.15, 0.2) is 24.3 Å². The minimum Gasteiger partial charge on any atom is -0.448 e. The maximum atomic E-state index is 12.2. The molecular formula is C15H22N2O3S. The van der Waals surface area contributed by atoms with E-state index in [1.54, 1.807) is 12.1 Å². The van der Waals surface area contributed by atoms with Crippen LogP contribution in [0.5, 0.6) is 0 Å². The van der Waals surface area contributed by atoms with Crippen LogP contribution in [0.1, 0.15) is 36.7 Å². The Balaban J connectivity index is 2.76. The van der Waals surface area contributed by atoms with Gasteiger partial charge in [0.25, 0.3) is 5.91 Å². The van der Waals surface area contributed by atoms with Gasteiger partial charge in [-0.25, -0.2) is 4.79 Å². The summed E-state index contributed by atoms with van der Waals surface area (Å²) in [5.74, 6) is 0.410. The molecule has 0 spiro atoms. The fourth-order valence-electron chi connectivity index (χ4n) is 1.68. The number of carbonyl (C=O) groups excluding carboxylic acids is 2. The Morgan fingerprint density at radius 3 is 2.29 bits per heavy atom. The van der Waals surface area contributed by atoms with Crippen LogP contribution in [-0.4, -0.2) is 24.6 Å². The van der Waals surface area contributed by atoms with Crippen molar-refractivity contribution in [2.45, 2.75) is 32.6 Å². The van der Waals surface area contributed by atoms with Gasteiger partial charge in [-0.1, -0.05) is 32.9 Å². The lowest BCUT2D eigenvalue weighted by atomic mass is 9.87. The summed E-state index contributed by atoms with van der Waals surface area (Å²) < 4.78 is 4.82. The van der Waals surface area contributed by atoms with Crippen LogP contribution in [-0.2, 0) is 10.5 Å². The first-order valence-corrected chi connectivity index (χ1v) is 7.30. The summed E-state index contributed by atoms with van der Waals surface area (Å²) in [7, 11) is 0. The van der Waals surface area contributed by atoms with Crippen LogP contribution in [0.4, 0.5) is 4.79 Å². The highest BCUT2D eigenvalue weighted by molar-refractivity contribution is 7.79. The van der Waals surface area contributed by atoms with E-state index >= 15 is 0 Å². The largest absolute Gasteiger partial charge is 0.448 e. The Kier molecular flexibility index (Phi) is 6.08. The quantitative estimate of drug-likeness (QED) is 0.730. The normalized spacial score (nSPS) is 12.6. The third kappa shape index (κ3) is 5.67. The highest BCUT2D eigenvalue weighted by Gasteiger charge is 2.27. The number of nitrogens with two attached hydrogens (primary N) is 1. The smallest absolute Gasteiger partial charge is 0.404 e. The van der Waals surface area contributed by atoms with Gasteiger partial charge in [-0.3, -0.25) is 4.79 Å². The molecule has 3 N–H and O–H groups in total. The molecule has 0 saturated heterocycles. The molecule has 0 aliphatic heterocycles. The van der Waals surface area contributed by atoms with Gasteiger partial charge in [0.2, 0.25) is 0 Å². The van der Waals surface area contributed by atoms with Crippen molar-refractivity contribution in [2.24, 2.45) is 11.1 Å². The van der Waals surface area contributed by atoms with E-state index < -0.39 is 6.09 Å². The number of hydrogen-bond acceptors (Lipinski definition) is 4. The van der Waals surface area contributed by atoms with Crippen molar-refractivity contribution in [1.82, 2.24) is 5.32 Å². The van der Waals surface area contributed by atoms with Crippen LogP contribution in [0.2, 0.25) is 0 Å². The first-order valence-electron chi connectivity index (χ1n) is 6.67. The SMILES string of the molecule is CC(C)(C)C(COC(N)=O)NC(=O)c1ccc(CS)cc1. The van der Waals surface area contributed by atoms with Crippen molar-refractivity contribution in [3.8, 4) is 0 Å². The van der Waals surface area contributed by atoms with E-state index in [0.717, 1.165) is 5.56 Å². The minimum absolute atomic E-state index is 0.0410. The zero-order valence-corrected chi connectivity index (χ0v) is 13.4. The van der Waals surface area contributed by atoms with Crippen LogP contribution in [0.3, 0.4) is 0 Å². The molecule has 5 nitrogen and oxygen atoms in total. The fraction of sp³-hybridized carbons (Fsp3) is 0.467. The number of ether oxygens (including phenoxy) is 1. The molecule has 1 aromatic rings. The molecule has 0 bridgehead atoms. The Morgan fingerprint density at radius 2 is 1.86 bits per heavy atom. The molecule has 0 aromatic heterocycles. The van der Waals surface area contributed by atoms with Crippen molar-refractivity contribution >= 4 is 24.6 Å². The lowest BCUT2D eigenvalue weighted by Gasteiger charge is -2.30. The van der Waals surface area contributed by atoms with Crippen LogP contribution < -0.4 is 11.1 Å². The van der Waals surface area contributed by atoms with Gasteiger partial charge in [-0.15, -0.1) is 0 Å². The van der Waals surface area contributed by atoms with Crippen molar-refractivity contribution in [3.05, 3.63) is 35.4 Å². The number of nitrogens with one attached hydrogen (secondary N) is 1. The summed E-state index contributed by atoms with van der Waals surface area (Å²) in [6.45, 7) is 5.89. The molecule has 2 amide bonds. The predicted molar refractivity (Wildman–Crippen MR) is 85.4 cm³/mol. The number of primary amides is 1. The molecule has 0 saturated carbocycles. The maximum Gasteiger partial charge on any atom is 0.404 e. The molecule has 0 aliphatic rings. The van der Waals surface area contributed by atoms with Crippen LogP contribution >= 0.6 is 12.6 Å². The summed E-state index contributed by atoms with van der Waals surface area (Å²) in [6.07, 6.45) is -0.850. The molecule has 0 aliphatic carbocycles. The molecule has 0 fully saturated rings. The molecule has 6 heteroatoms. The van der Waals surface area contributed by atoms with E-state index in [4.69, 9.17) is 10.5 Å². The van der Waals surface area contributed by atoms with E-state index in [2.05, 4.69) is 17.9 Å². The van der Waals surface area contributed by atoms with E-state index in [1.807, 2.05) is 32.9 Å². The van der Waals surface area contributed by atoms with Gasteiger partial charge in [-0.05, 0) is 23.1 Å². The van der Waals surface area contributed by atoms with Gasteiger partial charge >= 0.3 is 6.09 Å². The summed E-state index contributed by atoms with van der Waals surface area (Å²) >= 11 is 4.18. The zero-order chi connectivity index (χ0) is 16.0. The highest BCUT2D eigenvalue weighted by Crippen LogP contribution is 2.20. The third-order valence-electron chi connectivity index (χ3n) is 3.14. The molecule has 0 radical (unpaired) electrons. The number of thiol groups is 1. The van der Waals surface area contributed by atoms with Crippen LogP contribution in [0.25, 0.3) is 0 Å². The Labute approximate surface area is 130 Å². The van der Waals surface area contributed by atoms with Crippen molar-refractivity contribution in [2.75, 3.05) is 6.61 Å². The van der Waals surface area contributed by atoms with Crippen molar-refractivity contribution in [1.29, 1.82) is 0 Å². The third-order valence-corrected chi connectivity index (χ3v) is 3.51. The van der Waals surface area contributed by atoms with Crippen molar-refractivity contribution in [3.63, 3.8) is 0 Å². The van der Waals surface area contributed by atoms with Gasteiger partial charge < -0.3 is 15.8 Å². The first-order chi connectivity index (χ1) is 9.74. The van der Waals surface area contributed by atoms with Gasteiger partial charge in [0.15, 0.2) is 0 Å². The van der Waals surface area contributed by atoms with Gasteiger partial charge in [0.05, 0.1) is 6.04 Å². The Bertz CT molecular complexity index is 495. The number of benzene rings is 1. The molecule has 116 valence electrons. The molecule has 0 heterocycles. The second kappa shape index (κ2) is 7.36. The number of rotatable bonds is 5. The van der Waals surface area contributed by atoms with Gasteiger partial charge in [0.1, 0.15) is 6.61 Å². The average molecular weight is 310 g/mol. The summed E-state index contributed by atoms with van der Waals surface area (Å²) in [6, 6.07) is 6.87. The summed E-state index contributed by atoms with van der Waals surface area (Å²) in [5, 5.41) is 2.88. The second-order valence-corrected chi connectivity index (χ2v) is 6.19. The lowest BCUT2D eigenvalue weighted by Crippen LogP contribution is -2.47. The molecule has 1 aromatic carbocycles. The Morgan fingerprint density at radius 1 is 1.29 bits per heavy atom. The van der Waals surface area contributed by atoms with E-state index in [9.17, 15) is 9.59 Å². The topological polar surface area (TPSA) is 81.4 Å². The zero-order valence-electron chi connectivity index (χ0n) is 12.6. The lowest BCUT2D eigenvalue weighted by molar-refractivity contribution is 0.0804. The van der Waals surface area contributed by atoms with E-state index in [-0.39, 0.29) is 24.0 Å². The molecule has 21 heavy (non-hydrogen) atoms. The average Bonchev–Trinajstić information content (AvgIpc) is 2.41. The maximum absolute atomic E-state index is 12.2. The van der Waals surface area contributed by atoms with Crippen LogP contribution in [0, 0.1) is 5.41 Å². The summed E-state index contributed by atoms with van der Waals surface area (Å²) in [4.78, 5) is 23.0. The van der Waals surface area contributed by atoms with Gasteiger partial charge in [0, 0.05) is 11.3 Å². The molecule has 1 atom stereocenters. The highest BCUT2D eigenvalue weighted by atomic mass is 32.1. The number of hydrogen-bond donors (Lipinski definition) is 3. The molecule has 1 unspecified atom stereocenters. The monoisotopic (exact) mass is 310 g/mol. The first kappa shape index (κ1) is 17.4. The van der Waals surface area contributed by atoms with E-state index in [1.165, 1.54) is 0 Å². The predicted octanol–water partition coefficient (Wildman–Crippen LogP) is 2.36. The summed E-state index contributed by atoms with van der Waals surface area (Å²) in [5.41, 5.74) is 6.30. The number of amides is 2.